The number of hydrogen-bond donors (Lipinski definition) is 0. The average Bonchev–Trinajstić information content (AvgIpc) is 2.56. The van der Waals surface area contributed by atoms with Crippen LogP contribution in [0.2, 0.25) is 0 Å². The van der Waals surface area contributed by atoms with Crippen molar-refractivity contribution in [3.05, 3.63) is 23.8 Å². The fraction of sp³-hybridized carbons (Fsp3) is 0.500. The van der Waals surface area contributed by atoms with Crippen molar-refractivity contribution in [2.45, 2.75) is 43.7 Å². The standard InChI is InChI=1S/C14H19NS2/c1-9(2)7-11-5-6-12-13(8-11)17-14(15-12)16-10(3)4/h5-6,8-10H,7H2,1-4H3. The first-order valence-electron chi connectivity index (χ1n) is 6.10. The van der Waals surface area contributed by atoms with E-state index in [1.807, 2.05) is 23.1 Å². The van der Waals surface area contributed by atoms with Crippen LogP contribution in [0.4, 0.5) is 0 Å². The van der Waals surface area contributed by atoms with Gasteiger partial charge in [-0.05, 0) is 30.0 Å². The van der Waals surface area contributed by atoms with E-state index in [2.05, 4.69) is 50.9 Å². The number of rotatable bonds is 4. The van der Waals surface area contributed by atoms with Gasteiger partial charge in [0.15, 0.2) is 4.34 Å². The lowest BCUT2D eigenvalue weighted by atomic mass is 10.0. The van der Waals surface area contributed by atoms with Crippen molar-refractivity contribution in [1.29, 1.82) is 0 Å². The highest BCUT2D eigenvalue weighted by molar-refractivity contribution is 8.01. The quantitative estimate of drug-likeness (QED) is 0.722. The maximum atomic E-state index is 4.65. The normalized spacial score (nSPS) is 11.9. The van der Waals surface area contributed by atoms with Crippen molar-refractivity contribution in [2.24, 2.45) is 5.92 Å². The second kappa shape index (κ2) is 5.40. The van der Waals surface area contributed by atoms with Crippen LogP contribution in [0.1, 0.15) is 33.3 Å². The summed E-state index contributed by atoms with van der Waals surface area (Å²) in [5, 5.41) is 0.602. The Labute approximate surface area is 112 Å². The lowest BCUT2D eigenvalue weighted by Gasteiger charge is -2.03. The zero-order valence-corrected chi connectivity index (χ0v) is 12.5. The molecule has 0 atom stereocenters. The molecule has 0 aliphatic heterocycles. The number of thiazole rings is 1. The predicted molar refractivity (Wildman–Crippen MR) is 79.2 cm³/mol. The largest absolute Gasteiger partial charge is 0.230 e. The third-order valence-electron chi connectivity index (χ3n) is 2.41. The van der Waals surface area contributed by atoms with E-state index in [1.165, 1.54) is 14.6 Å². The lowest BCUT2D eigenvalue weighted by Crippen LogP contribution is -1.92. The van der Waals surface area contributed by atoms with Crippen LogP contribution < -0.4 is 0 Å². The van der Waals surface area contributed by atoms with Crippen molar-refractivity contribution < 1.29 is 0 Å². The Balaban J connectivity index is 2.27. The summed E-state index contributed by atoms with van der Waals surface area (Å²) in [7, 11) is 0. The Kier molecular flexibility index (Phi) is 4.10. The van der Waals surface area contributed by atoms with Crippen LogP contribution in [0.3, 0.4) is 0 Å². The molecule has 0 bridgehead atoms. The molecule has 2 aromatic rings. The van der Waals surface area contributed by atoms with Gasteiger partial charge >= 0.3 is 0 Å². The van der Waals surface area contributed by atoms with Gasteiger partial charge in [0.05, 0.1) is 10.2 Å². The molecule has 3 heteroatoms. The lowest BCUT2D eigenvalue weighted by molar-refractivity contribution is 0.648. The minimum absolute atomic E-state index is 0.602. The topological polar surface area (TPSA) is 12.9 Å². The monoisotopic (exact) mass is 265 g/mol. The van der Waals surface area contributed by atoms with Gasteiger partial charge in [0.1, 0.15) is 0 Å². The van der Waals surface area contributed by atoms with Crippen LogP contribution in [0.5, 0.6) is 0 Å². The zero-order chi connectivity index (χ0) is 12.4. The number of thioether (sulfide) groups is 1. The molecule has 2 rings (SSSR count). The van der Waals surface area contributed by atoms with Gasteiger partial charge in [0.2, 0.25) is 0 Å². The predicted octanol–water partition coefficient (Wildman–Crippen LogP) is 5.00. The fourth-order valence-electron chi connectivity index (χ4n) is 1.80. The van der Waals surface area contributed by atoms with Crippen LogP contribution in [0.25, 0.3) is 10.2 Å². The number of aromatic nitrogens is 1. The summed E-state index contributed by atoms with van der Waals surface area (Å²) in [6, 6.07) is 6.68. The summed E-state index contributed by atoms with van der Waals surface area (Å²) in [5.41, 5.74) is 2.57. The van der Waals surface area contributed by atoms with Crippen molar-refractivity contribution in [3.8, 4) is 0 Å². The first-order valence-corrected chi connectivity index (χ1v) is 7.80. The van der Waals surface area contributed by atoms with E-state index in [9.17, 15) is 0 Å². The molecule has 1 aromatic carbocycles. The number of hydrogen-bond acceptors (Lipinski definition) is 3. The average molecular weight is 265 g/mol. The summed E-state index contributed by atoms with van der Waals surface area (Å²) in [6.45, 7) is 8.94. The molecule has 0 aliphatic carbocycles. The minimum atomic E-state index is 0.602. The highest BCUT2D eigenvalue weighted by atomic mass is 32.2. The molecule has 0 saturated heterocycles. The number of fused-ring (bicyclic) bond motifs is 1. The van der Waals surface area contributed by atoms with Crippen molar-refractivity contribution in [1.82, 2.24) is 4.98 Å². The summed E-state index contributed by atoms with van der Waals surface area (Å²) in [6.07, 6.45) is 1.15. The SMILES string of the molecule is CC(C)Cc1ccc2nc(SC(C)C)sc2c1. The van der Waals surface area contributed by atoms with Gasteiger partial charge < -0.3 is 0 Å². The van der Waals surface area contributed by atoms with Gasteiger partial charge in [-0.2, -0.15) is 0 Å². The van der Waals surface area contributed by atoms with E-state index in [4.69, 9.17) is 0 Å². The van der Waals surface area contributed by atoms with E-state index in [1.54, 1.807) is 0 Å². The van der Waals surface area contributed by atoms with Gasteiger partial charge in [-0.1, -0.05) is 45.5 Å². The molecule has 0 spiro atoms. The summed E-state index contributed by atoms with van der Waals surface area (Å²) >= 11 is 3.67. The van der Waals surface area contributed by atoms with Gasteiger partial charge in [-0.15, -0.1) is 11.3 Å². The molecule has 0 aliphatic rings. The number of nitrogens with zero attached hydrogens (tertiary/aromatic N) is 1. The molecule has 1 nitrogen and oxygen atoms in total. The molecule has 0 saturated carbocycles. The molecule has 1 heterocycles. The first kappa shape index (κ1) is 12.9. The van der Waals surface area contributed by atoms with Gasteiger partial charge in [-0.25, -0.2) is 4.98 Å². The molecule has 0 unspecified atom stereocenters. The maximum absolute atomic E-state index is 4.65. The highest BCUT2D eigenvalue weighted by Crippen LogP contribution is 2.32. The van der Waals surface area contributed by atoms with E-state index >= 15 is 0 Å². The molecule has 17 heavy (non-hydrogen) atoms. The molecular weight excluding hydrogens is 246 g/mol. The van der Waals surface area contributed by atoms with Crippen LogP contribution in [-0.4, -0.2) is 10.2 Å². The van der Waals surface area contributed by atoms with Gasteiger partial charge in [0.25, 0.3) is 0 Å². The Bertz CT molecular complexity index is 492. The highest BCUT2D eigenvalue weighted by Gasteiger charge is 2.07. The fourth-order valence-corrected chi connectivity index (χ4v) is 4.15. The summed E-state index contributed by atoms with van der Waals surface area (Å²) in [4.78, 5) is 4.65. The second-order valence-electron chi connectivity index (χ2n) is 5.05. The smallest absolute Gasteiger partial charge is 0.151 e. The third-order valence-corrected chi connectivity index (χ3v) is 4.53. The maximum Gasteiger partial charge on any atom is 0.151 e. The first-order chi connectivity index (χ1) is 8.04. The Morgan fingerprint density at radius 3 is 2.65 bits per heavy atom. The van der Waals surface area contributed by atoms with Crippen LogP contribution in [0, 0.1) is 5.92 Å². The summed E-state index contributed by atoms with van der Waals surface area (Å²) < 4.78 is 2.52. The molecule has 0 radical (unpaired) electrons. The Morgan fingerprint density at radius 1 is 1.24 bits per heavy atom. The van der Waals surface area contributed by atoms with E-state index in [0.29, 0.717) is 11.2 Å². The van der Waals surface area contributed by atoms with Crippen LogP contribution in [-0.2, 0) is 6.42 Å². The van der Waals surface area contributed by atoms with Crippen molar-refractivity contribution >= 4 is 33.3 Å². The van der Waals surface area contributed by atoms with Crippen LogP contribution in [0.15, 0.2) is 22.5 Å². The summed E-state index contributed by atoms with van der Waals surface area (Å²) in [5.74, 6) is 0.713. The van der Waals surface area contributed by atoms with Crippen LogP contribution >= 0.6 is 23.1 Å². The Hall–Kier alpha value is -0.540. The van der Waals surface area contributed by atoms with Crippen molar-refractivity contribution in [2.75, 3.05) is 0 Å². The molecule has 1 aromatic heterocycles. The van der Waals surface area contributed by atoms with E-state index < -0.39 is 0 Å². The molecule has 92 valence electrons. The van der Waals surface area contributed by atoms with E-state index in [0.717, 1.165) is 11.9 Å². The molecule has 0 fully saturated rings. The molecular formula is C14H19NS2. The van der Waals surface area contributed by atoms with Gasteiger partial charge in [0, 0.05) is 5.25 Å². The second-order valence-corrected chi connectivity index (χ2v) is 7.90. The van der Waals surface area contributed by atoms with Gasteiger partial charge in [-0.3, -0.25) is 0 Å². The zero-order valence-electron chi connectivity index (χ0n) is 10.9. The third kappa shape index (κ3) is 3.46. The minimum Gasteiger partial charge on any atom is -0.230 e. The van der Waals surface area contributed by atoms with E-state index in [-0.39, 0.29) is 0 Å². The molecule has 0 amide bonds. The Morgan fingerprint density at radius 2 is 2.00 bits per heavy atom. The van der Waals surface area contributed by atoms with Crippen molar-refractivity contribution in [3.63, 3.8) is 0 Å². The molecule has 0 N–H and O–H groups in total. The number of benzene rings is 1.